The normalized spacial score (nSPS) is 16.3. The van der Waals surface area contributed by atoms with E-state index in [1.807, 2.05) is 0 Å². The number of halogens is 1. The van der Waals surface area contributed by atoms with Crippen molar-refractivity contribution in [1.82, 2.24) is 34.4 Å². The summed E-state index contributed by atoms with van der Waals surface area (Å²) >= 11 is 0. The molecule has 1 fully saturated rings. The van der Waals surface area contributed by atoms with Crippen LogP contribution >= 0.6 is 0 Å². The van der Waals surface area contributed by atoms with Gasteiger partial charge in [-0.1, -0.05) is 0 Å². The molecule has 0 radical (unpaired) electrons. The van der Waals surface area contributed by atoms with Gasteiger partial charge in [-0.15, -0.1) is 5.10 Å². The maximum Gasteiger partial charge on any atom is 0.279 e. The van der Waals surface area contributed by atoms with E-state index in [9.17, 15) is 18.8 Å². The third-order valence-corrected chi connectivity index (χ3v) is 5.86. The van der Waals surface area contributed by atoms with Gasteiger partial charge in [0.1, 0.15) is 17.7 Å². The Morgan fingerprint density at radius 3 is 2.57 bits per heavy atom. The van der Waals surface area contributed by atoms with Gasteiger partial charge < -0.3 is 20.9 Å². The fourth-order valence-electron chi connectivity index (χ4n) is 3.74. The van der Waals surface area contributed by atoms with Crippen LogP contribution in [0.4, 0.5) is 21.6 Å². The van der Waals surface area contributed by atoms with Crippen LogP contribution in [0.1, 0.15) is 27.3 Å². The van der Waals surface area contributed by atoms with E-state index in [0.29, 0.717) is 22.7 Å². The summed E-state index contributed by atoms with van der Waals surface area (Å²) in [6.07, 6.45) is 3.59. The lowest BCUT2D eigenvalue weighted by Crippen LogP contribution is -2.28. The van der Waals surface area contributed by atoms with E-state index >= 15 is 0 Å². The number of anilines is 3. The first-order valence-electron chi connectivity index (χ1n) is 11.4. The van der Waals surface area contributed by atoms with E-state index in [4.69, 9.17) is 0 Å². The van der Waals surface area contributed by atoms with E-state index in [-0.39, 0.29) is 29.5 Å². The van der Waals surface area contributed by atoms with Crippen LogP contribution in [0, 0.1) is 0 Å². The molecule has 0 saturated heterocycles. The molecule has 5 rings (SSSR count). The van der Waals surface area contributed by atoms with Crippen LogP contribution in [0.25, 0.3) is 11.5 Å². The Hall–Kier alpha value is -4.81. The van der Waals surface area contributed by atoms with Crippen LogP contribution in [0.5, 0.6) is 0 Å². The molecule has 4 heterocycles. The number of alkyl halides is 1. The fourth-order valence-corrected chi connectivity index (χ4v) is 3.74. The van der Waals surface area contributed by atoms with Crippen molar-refractivity contribution >= 4 is 34.7 Å². The molecular formula is C24H24FN9O3. The Morgan fingerprint density at radius 2 is 1.92 bits per heavy atom. The number of nitrogens with zero attached hydrogens (tertiary/aromatic N) is 6. The Morgan fingerprint density at radius 1 is 1.14 bits per heavy atom. The molecule has 190 valence electrons. The molecule has 2 amide bonds. The number of carbonyl (C=O) groups excluding carboxylic acids is 2. The van der Waals surface area contributed by atoms with Crippen molar-refractivity contribution in [3.8, 4) is 5.82 Å². The molecular weight excluding hydrogens is 481 g/mol. The SMILES string of the molecule is CNc1cc(Nc2cccn(-c3ccc(C(=O)N(C)C)cn3)c2=O)nn2c(C(=O)N[C@@H]3C[C@@H]3F)cnc12. The number of aromatic nitrogens is 5. The topological polar surface area (TPSA) is 139 Å². The maximum atomic E-state index is 13.3. The summed E-state index contributed by atoms with van der Waals surface area (Å²) in [5, 5.41) is 13.1. The van der Waals surface area contributed by atoms with Gasteiger partial charge in [-0.25, -0.2) is 18.9 Å². The Balaban J connectivity index is 1.46. The molecule has 1 saturated carbocycles. The minimum Gasteiger partial charge on any atom is -0.385 e. The largest absolute Gasteiger partial charge is 0.385 e. The van der Waals surface area contributed by atoms with Gasteiger partial charge in [0, 0.05) is 46.0 Å². The molecule has 1 aliphatic carbocycles. The second-order valence-corrected chi connectivity index (χ2v) is 8.73. The van der Waals surface area contributed by atoms with Crippen molar-refractivity contribution in [2.45, 2.75) is 18.6 Å². The van der Waals surface area contributed by atoms with E-state index < -0.39 is 23.7 Å². The fraction of sp³-hybridized carbons (Fsp3) is 0.250. The number of nitrogens with one attached hydrogen (secondary N) is 3. The van der Waals surface area contributed by atoms with Gasteiger partial charge in [0.15, 0.2) is 17.2 Å². The van der Waals surface area contributed by atoms with Gasteiger partial charge >= 0.3 is 0 Å². The summed E-state index contributed by atoms with van der Waals surface area (Å²) in [5.41, 5.74) is 1.29. The highest BCUT2D eigenvalue weighted by atomic mass is 19.1. The summed E-state index contributed by atoms with van der Waals surface area (Å²) in [7, 11) is 4.98. The molecule has 0 unspecified atom stereocenters. The lowest BCUT2D eigenvalue weighted by molar-refractivity contribution is 0.0826. The summed E-state index contributed by atoms with van der Waals surface area (Å²) in [6, 6.07) is 7.59. The number of pyridine rings is 2. The lowest BCUT2D eigenvalue weighted by atomic mass is 10.2. The van der Waals surface area contributed by atoms with Crippen LogP contribution in [-0.4, -0.2) is 74.2 Å². The zero-order valence-electron chi connectivity index (χ0n) is 20.3. The minimum absolute atomic E-state index is 0.135. The number of amides is 2. The van der Waals surface area contributed by atoms with Crippen molar-refractivity contribution in [2.75, 3.05) is 31.8 Å². The molecule has 0 bridgehead atoms. The first kappa shape index (κ1) is 23.9. The molecule has 4 aromatic rings. The number of imidazole rings is 1. The van der Waals surface area contributed by atoms with Crippen molar-refractivity contribution in [3.05, 3.63) is 70.5 Å². The predicted molar refractivity (Wildman–Crippen MR) is 134 cm³/mol. The molecule has 4 aromatic heterocycles. The Labute approximate surface area is 210 Å². The monoisotopic (exact) mass is 505 g/mol. The summed E-state index contributed by atoms with van der Waals surface area (Å²) in [5.74, 6) is -0.0805. The second kappa shape index (κ2) is 9.33. The smallest absolute Gasteiger partial charge is 0.279 e. The van der Waals surface area contributed by atoms with Crippen molar-refractivity contribution in [1.29, 1.82) is 0 Å². The Bertz CT molecular complexity index is 1560. The summed E-state index contributed by atoms with van der Waals surface area (Å²) in [6.45, 7) is 0. The van der Waals surface area contributed by atoms with Gasteiger partial charge in [0.25, 0.3) is 17.4 Å². The van der Waals surface area contributed by atoms with E-state index in [2.05, 4.69) is 31.0 Å². The highest BCUT2D eigenvalue weighted by molar-refractivity contribution is 5.94. The molecule has 3 N–H and O–H groups in total. The standard InChI is InChI=1S/C24H24FN9O3/c1-26-17-10-19(31-34-18(12-28-21(17)34)22(35)30-16-9-14(16)25)29-15-5-4-8-33(24(15)37)20-7-6-13(11-27-20)23(36)32(2)3/h4-8,10-12,14,16,26H,9H2,1-3H3,(H,29,31)(H,30,35)/t14-,16+/m0/s1. The number of hydrogen-bond acceptors (Lipinski definition) is 8. The minimum atomic E-state index is -1.04. The molecule has 0 aromatic carbocycles. The third-order valence-electron chi connectivity index (χ3n) is 5.86. The van der Waals surface area contributed by atoms with Crippen LogP contribution in [0.15, 0.2) is 53.7 Å². The summed E-state index contributed by atoms with van der Waals surface area (Å²) in [4.78, 5) is 48.0. The van der Waals surface area contributed by atoms with Crippen LogP contribution in [0.2, 0.25) is 0 Å². The average Bonchev–Trinajstić information content (AvgIpc) is 3.41. The van der Waals surface area contributed by atoms with Gasteiger partial charge in [0.05, 0.1) is 23.5 Å². The van der Waals surface area contributed by atoms with Crippen LogP contribution in [-0.2, 0) is 0 Å². The van der Waals surface area contributed by atoms with Crippen molar-refractivity contribution < 1.29 is 14.0 Å². The van der Waals surface area contributed by atoms with E-state index in [0.717, 1.165) is 0 Å². The van der Waals surface area contributed by atoms with E-state index in [1.165, 1.54) is 26.4 Å². The van der Waals surface area contributed by atoms with Crippen LogP contribution in [0.3, 0.4) is 0 Å². The molecule has 37 heavy (non-hydrogen) atoms. The highest BCUT2D eigenvalue weighted by Gasteiger charge is 2.39. The van der Waals surface area contributed by atoms with Gasteiger partial charge in [-0.3, -0.25) is 19.0 Å². The third kappa shape index (κ3) is 4.58. The molecule has 0 spiro atoms. The van der Waals surface area contributed by atoms with Crippen LogP contribution < -0.4 is 21.5 Å². The molecule has 13 heteroatoms. The van der Waals surface area contributed by atoms with Crippen molar-refractivity contribution in [3.63, 3.8) is 0 Å². The van der Waals surface area contributed by atoms with Crippen molar-refractivity contribution in [2.24, 2.45) is 0 Å². The molecule has 2 atom stereocenters. The first-order chi connectivity index (χ1) is 17.8. The highest BCUT2D eigenvalue weighted by Crippen LogP contribution is 2.26. The predicted octanol–water partition coefficient (Wildman–Crippen LogP) is 1.60. The van der Waals surface area contributed by atoms with Gasteiger partial charge in [-0.2, -0.15) is 0 Å². The first-order valence-corrected chi connectivity index (χ1v) is 11.4. The molecule has 12 nitrogen and oxygen atoms in total. The summed E-state index contributed by atoms with van der Waals surface area (Å²) < 4.78 is 15.9. The number of carbonyl (C=O) groups is 2. The lowest BCUT2D eigenvalue weighted by Gasteiger charge is -2.12. The van der Waals surface area contributed by atoms with Gasteiger partial charge in [0.2, 0.25) is 0 Å². The maximum absolute atomic E-state index is 13.3. The zero-order valence-corrected chi connectivity index (χ0v) is 20.3. The average molecular weight is 506 g/mol. The number of hydrogen-bond donors (Lipinski definition) is 3. The van der Waals surface area contributed by atoms with Gasteiger partial charge in [-0.05, 0) is 24.3 Å². The molecule has 0 aliphatic heterocycles. The molecule has 1 aliphatic rings. The van der Waals surface area contributed by atoms with E-state index in [1.54, 1.807) is 57.7 Å². The number of rotatable bonds is 7. The Kier molecular flexibility index (Phi) is 6.03. The quantitative estimate of drug-likeness (QED) is 0.344. The zero-order chi connectivity index (χ0) is 26.3. The second-order valence-electron chi connectivity index (χ2n) is 8.73. The number of fused-ring (bicyclic) bond motifs is 1.